The molecule has 1 amide bonds. The van der Waals surface area contributed by atoms with Crippen LogP contribution in [0.1, 0.15) is 23.3 Å². The van der Waals surface area contributed by atoms with Crippen LogP contribution in [0.25, 0.3) is 16.9 Å². The third-order valence-corrected chi connectivity index (χ3v) is 6.12. The number of benzene rings is 2. The number of aromatic nitrogens is 2. The third kappa shape index (κ3) is 5.76. The van der Waals surface area contributed by atoms with Crippen LogP contribution in [-0.2, 0) is 0 Å². The Labute approximate surface area is 194 Å². The quantitative estimate of drug-likeness (QED) is 0.527. The zero-order valence-corrected chi connectivity index (χ0v) is 19.3. The van der Waals surface area contributed by atoms with Gasteiger partial charge >= 0.3 is 0 Å². The first kappa shape index (κ1) is 22.5. The minimum absolute atomic E-state index is 0.110. The Bertz CT molecular complexity index is 1010. The van der Waals surface area contributed by atoms with Crippen molar-refractivity contribution in [1.82, 2.24) is 24.9 Å². The lowest BCUT2D eigenvalue weighted by Gasteiger charge is -2.32. The van der Waals surface area contributed by atoms with E-state index in [1.165, 1.54) is 0 Å². The van der Waals surface area contributed by atoms with E-state index < -0.39 is 0 Å². The Hall–Kier alpha value is -2.67. The number of hydrogen-bond acceptors (Lipinski definition) is 4. The number of carbonyl (C=O) groups is 1. The number of likely N-dealkylation sites (N-methyl/N-ethyl adjacent to an activating group) is 1. The monoisotopic (exact) mass is 451 g/mol. The zero-order chi connectivity index (χ0) is 22.3. The van der Waals surface area contributed by atoms with Crippen molar-refractivity contribution in [2.24, 2.45) is 0 Å². The van der Waals surface area contributed by atoms with Crippen LogP contribution < -0.4 is 5.32 Å². The van der Waals surface area contributed by atoms with Crippen molar-refractivity contribution in [2.45, 2.75) is 12.8 Å². The average Bonchev–Trinajstić information content (AvgIpc) is 3.27. The number of nitrogens with zero attached hydrogens (tertiary/aromatic N) is 4. The zero-order valence-electron chi connectivity index (χ0n) is 18.5. The predicted octanol–water partition coefficient (Wildman–Crippen LogP) is 3.95. The molecule has 0 radical (unpaired) electrons. The fourth-order valence-corrected chi connectivity index (χ4v) is 4.02. The number of halogens is 1. The van der Waals surface area contributed by atoms with Gasteiger partial charge in [0.25, 0.3) is 5.91 Å². The van der Waals surface area contributed by atoms with Crippen molar-refractivity contribution in [2.75, 3.05) is 46.3 Å². The fourth-order valence-electron chi connectivity index (χ4n) is 3.89. The van der Waals surface area contributed by atoms with Gasteiger partial charge in [0.05, 0.1) is 11.4 Å². The van der Waals surface area contributed by atoms with Crippen LogP contribution in [0.5, 0.6) is 0 Å². The molecule has 1 aromatic heterocycles. The molecule has 1 aliphatic heterocycles. The maximum absolute atomic E-state index is 13.0. The summed E-state index contributed by atoms with van der Waals surface area (Å²) in [5, 5.41) is 8.47. The van der Waals surface area contributed by atoms with Crippen LogP contribution in [0.2, 0.25) is 5.02 Å². The van der Waals surface area contributed by atoms with Gasteiger partial charge in [0, 0.05) is 43.3 Å². The topological polar surface area (TPSA) is 53.4 Å². The summed E-state index contributed by atoms with van der Waals surface area (Å²) in [6.45, 7) is 6.28. The Morgan fingerprint density at radius 3 is 2.44 bits per heavy atom. The van der Waals surface area contributed by atoms with Gasteiger partial charge in [-0.15, -0.1) is 0 Å². The van der Waals surface area contributed by atoms with Crippen LogP contribution in [0, 0.1) is 0 Å². The van der Waals surface area contributed by atoms with Crippen molar-refractivity contribution in [3.63, 3.8) is 0 Å². The third-order valence-electron chi connectivity index (χ3n) is 5.87. The molecule has 0 bridgehead atoms. The molecule has 168 valence electrons. The van der Waals surface area contributed by atoms with Crippen molar-refractivity contribution < 1.29 is 4.79 Å². The first-order chi connectivity index (χ1) is 15.6. The Morgan fingerprint density at radius 1 is 1.00 bits per heavy atom. The second-order valence-electron chi connectivity index (χ2n) is 8.28. The Balaban J connectivity index is 1.39. The second kappa shape index (κ2) is 10.8. The summed E-state index contributed by atoms with van der Waals surface area (Å²) in [6.07, 6.45) is 2.04. The van der Waals surface area contributed by atoms with Crippen molar-refractivity contribution >= 4 is 17.5 Å². The number of nitrogens with one attached hydrogen (secondary N) is 1. The van der Waals surface area contributed by atoms with E-state index in [0.717, 1.165) is 62.5 Å². The predicted molar refractivity (Wildman–Crippen MR) is 130 cm³/mol. The van der Waals surface area contributed by atoms with Crippen molar-refractivity contribution in [3.8, 4) is 16.9 Å². The molecule has 3 aromatic rings. The lowest BCUT2D eigenvalue weighted by atomic mass is 10.1. The van der Waals surface area contributed by atoms with E-state index in [0.29, 0.717) is 17.3 Å². The van der Waals surface area contributed by atoms with Gasteiger partial charge in [-0.1, -0.05) is 41.9 Å². The molecule has 1 N–H and O–H groups in total. The Kier molecular flexibility index (Phi) is 7.58. The SMILES string of the molecule is CN1CCN(CCCCNC(=O)c2cc(-c3ccc(Cl)cc3)nn2-c2ccccc2)CC1. The molecule has 2 aromatic carbocycles. The van der Waals surface area contributed by atoms with E-state index in [2.05, 4.69) is 22.2 Å². The lowest BCUT2D eigenvalue weighted by Crippen LogP contribution is -2.44. The van der Waals surface area contributed by atoms with Crippen LogP contribution in [0.4, 0.5) is 0 Å². The van der Waals surface area contributed by atoms with Crippen LogP contribution in [0.3, 0.4) is 0 Å². The lowest BCUT2D eigenvalue weighted by molar-refractivity contribution is 0.0944. The molecule has 7 heteroatoms. The molecule has 0 atom stereocenters. The summed E-state index contributed by atoms with van der Waals surface area (Å²) in [5.74, 6) is -0.110. The highest BCUT2D eigenvalue weighted by molar-refractivity contribution is 6.30. The summed E-state index contributed by atoms with van der Waals surface area (Å²) >= 11 is 6.03. The van der Waals surface area contributed by atoms with Gasteiger partial charge in [-0.05, 0) is 56.8 Å². The fraction of sp³-hybridized carbons (Fsp3) is 0.360. The molecular weight excluding hydrogens is 422 g/mol. The van der Waals surface area contributed by atoms with Gasteiger partial charge in [-0.25, -0.2) is 4.68 Å². The minimum atomic E-state index is -0.110. The number of hydrogen-bond donors (Lipinski definition) is 1. The molecule has 0 aliphatic carbocycles. The second-order valence-corrected chi connectivity index (χ2v) is 8.71. The molecule has 1 aliphatic rings. The highest BCUT2D eigenvalue weighted by atomic mass is 35.5. The van der Waals surface area contributed by atoms with Crippen LogP contribution in [0.15, 0.2) is 60.7 Å². The maximum Gasteiger partial charge on any atom is 0.270 e. The molecule has 6 nitrogen and oxygen atoms in total. The van der Waals surface area contributed by atoms with Crippen LogP contribution >= 0.6 is 11.6 Å². The van der Waals surface area contributed by atoms with E-state index in [-0.39, 0.29) is 5.91 Å². The first-order valence-corrected chi connectivity index (χ1v) is 11.6. The first-order valence-electron chi connectivity index (χ1n) is 11.2. The van der Waals surface area contributed by atoms with Gasteiger partial charge in [0.15, 0.2) is 0 Å². The molecule has 32 heavy (non-hydrogen) atoms. The number of para-hydroxylation sites is 1. The molecule has 4 rings (SSSR count). The normalized spacial score (nSPS) is 15.1. The van der Waals surface area contributed by atoms with Gasteiger partial charge in [0.2, 0.25) is 0 Å². The minimum Gasteiger partial charge on any atom is -0.351 e. The number of carbonyl (C=O) groups excluding carboxylic acids is 1. The molecule has 0 spiro atoms. The number of rotatable bonds is 8. The summed E-state index contributed by atoms with van der Waals surface area (Å²) in [7, 11) is 2.17. The maximum atomic E-state index is 13.0. The van der Waals surface area contributed by atoms with Gasteiger partial charge in [0.1, 0.15) is 5.69 Å². The van der Waals surface area contributed by atoms with Gasteiger partial charge in [-0.2, -0.15) is 5.10 Å². The van der Waals surface area contributed by atoms with E-state index in [1.54, 1.807) is 4.68 Å². The summed E-state index contributed by atoms with van der Waals surface area (Å²) in [6, 6.07) is 19.1. The number of amides is 1. The molecule has 0 unspecified atom stereocenters. The number of unbranched alkanes of at least 4 members (excludes halogenated alkanes) is 1. The van der Waals surface area contributed by atoms with Gasteiger partial charge in [-0.3, -0.25) is 4.79 Å². The highest BCUT2D eigenvalue weighted by Gasteiger charge is 2.18. The van der Waals surface area contributed by atoms with Crippen molar-refractivity contribution in [1.29, 1.82) is 0 Å². The summed E-state index contributed by atoms with van der Waals surface area (Å²) < 4.78 is 1.71. The van der Waals surface area contributed by atoms with Crippen molar-refractivity contribution in [3.05, 3.63) is 71.4 Å². The molecule has 1 saturated heterocycles. The van der Waals surface area contributed by atoms with E-state index in [1.807, 2.05) is 60.7 Å². The van der Waals surface area contributed by atoms with E-state index in [9.17, 15) is 4.79 Å². The standard InChI is InChI=1S/C25H30ClN5O/c1-29-15-17-30(18-16-29)14-6-5-13-27-25(32)24-19-23(20-9-11-21(26)12-10-20)28-31(24)22-7-3-2-4-8-22/h2-4,7-12,19H,5-6,13-18H2,1H3,(H,27,32). The summed E-state index contributed by atoms with van der Waals surface area (Å²) in [5.41, 5.74) is 3.05. The Morgan fingerprint density at radius 2 is 1.72 bits per heavy atom. The smallest absolute Gasteiger partial charge is 0.270 e. The molecule has 1 fully saturated rings. The molecule has 0 saturated carbocycles. The highest BCUT2D eigenvalue weighted by Crippen LogP contribution is 2.23. The van der Waals surface area contributed by atoms with E-state index >= 15 is 0 Å². The largest absolute Gasteiger partial charge is 0.351 e. The van der Waals surface area contributed by atoms with Gasteiger partial charge < -0.3 is 15.1 Å². The molecule has 2 heterocycles. The summed E-state index contributed by atoms with van der Waals surface area (Å²) in [4.78, 5) is 17.9. The van der Waals surface area contributed by atoms with E-state index in [4.69, 9.17) is 16.7 Å². The molecular formula is C25H30ClN5O. The average molecular weight is 452 g/mol. The number of piperazine rings is 1. The van der Waals surface area contributed by atoms with Crippen LogP contribution in [-0.4, -0.2) is 71.8 Å².